The van der Waals surface area contributed by atoms with Crippen molar-refractivity contribution in [3.63, 3.8) is 0 Å². The highest BCUT2D eigenvalue weighted by Gasteiger charge is 2.41. The van der Waals surface area contributed by atoms with Crippen LogP contribution in [0.5, 0.6) is 0 Å². The number of ketones is 1. The van der Waals surface area contributed by atoms with Crippen LogP contribution in [0.15, 0.2) is 109 Å². The van der Waals surface area contributed by atoms with Gasteiger partial charge in [0.1, 0.15) is 73.1 Å². The molecule has 0 heterocycles. The fourth-order valence-corrected chi connectivity index (χ4v) is 13.9. The summed E-state index contributed by atoms with van der Waals surface area (Å²) >= 11 is 0. The number of carboxylic acids is 1. The highest BCUT2D eigenvalue weighted by atomic mass is 16.6. The van der Waals surface area contributed by atoms with Gasteiger partial charge < -0.3 is 76.5 Å². The lowest BCUT2D eigenvalue weighted by Gasteiger charge is -2.35. The molecule has 4 aromatic rings. The fraction of sp³-hybridized carbons (Fsp3) is 0.545. The number of carbonyl (C=O) groups excluding carboxylic acids is 15. The lowest BCUT2D eigenvalue weighted by molar-refractivity contribution is -0.149. The van der Waals surface area contributed by atoms with Gasteiger partial charge in [-0.05, 0) is 124 Å². The number of aliphatic carboxylic acids is 1. The molecule has 0 bridgehead atoms. The van der Waals surface area contributed by atoms with Gasteiger partial charge in [-0.2, -0.15) is 0 Å². The van der Waals surface area contributed by atoms with Crippen LogP contribution < -0.4 is 42.5 Å². The van der Waals surface area contributed by atoms with Crippen LogP contribution >= 0.6 is 0 Å². The van der Waals surface area contributed by atoms with Gasteiger partial charge in [-0.3, -0.25) is 77.3 Å². The van der Waals surface area contributed by atoms with Crippen molar-refractivity contribution in [3.05, 3.63) is 131 Å². The lowest BCUT2D eigenvalue weighted by Crippen LogP contribution is -2.59. The molecule has 0 saturated carbocycles. The van der Waals surface area contributed by atoms with E-state index in [1.807, 2.05) is 90.1 Å². The van der Waals surface area contributed by atoms with Gasteiger partial charge in [-0.25, -0.2) is 9.59 Å². The Morgan fingerprint density at radius 2 is 0.802 bits per heavy atom. The Kier molecular flexibility index (Phi) is 38.7. The number of rotatable bonds is 45. The number of nitrogens with zero attached hydrogens (tertiary/aromatic N) is 7. The first-order valence-corrected chi connectivity index (χ1v) is 41.1. The van der Waals surface area contributed by atoms with Crippen LogP contribution in [0.1, 0.15) is 144 Å². The SMILES string of the molecule is CC(C)C[C@H](NC(=O)[C@H](C)N(C)C(=O)OCC1c2ccccc2-c2ccccc21)C(=O)N(C)CC(=O)N[C@@H](C)C(=O)N[C@@H](CC(C)C)C(=O)N(C)[C@@H](Cc1ccccc1)C(=O)N(C)[C@@H](C)C(=O)NCC(=O)CN[C@@H](Cc1ccccc1)C(=O)N(C)[C@@H](C)C(=O)N[C@@H](C)C(=O)N(C)[C@@H](CC(C)C)C(=O)N(C)[C@@H](C)C(=O)NCC(=O)N[C@H](C(=O)O)C(C)C. The number of hydrogen-bond acceptors (Lipinski definition) is 18. The average Bonchev–Trinajstić information content (AvgIpc) is 1.61. The van der Waals surface area contributed by atoms with Crippen LogP contribution in [0.2, 0.25) is 0 Å². The number of carbonyl (C=O) groups is 16. The minimum atomic E-state index is -1.27. The minimum Gasteiger partial charge on any atom is -0.480 e. The number of amides is 14. The van der Waals surface area contributed by atoms with E-state index in [0.29, 0.717) is 11.1 Å². The number of ether oxygens (including phenoxy) is 1. The molecule has 0 aliphatic heterocycles. The molecule has 9 N–H and O–H groups in total. The number of nitrogens with one attached hydrogen (secondary N) is 8. The largest absolute Gasteiger partial charge is 0.480 e. The molecular formula is C88H127N15O18. The molecule has 121 heavy (non-hydrogen) atoms. The van der Waals surface area contributed by atoms with E-state index in [9.17, 15) is 81.8 Å². The number of fused-ring (bicyclic) bond motifs is 3. The zero-order valence-corrected chi connectivity index (χ0v) is 73.8. The highest BCUT2D eigenvalue weighted by molar-refractivity contribution is 5.99. The first kappa shape index (κ1) is 99.9. The summed E-state index contributed by atoms with van der Waals surface area (Å²) < 4.78 is 5.79. The first-order valence-electron chi connectivity index (χ1n) is 41.1. The maximum atomic E-state index is 14.9. The Bertz CT molecular complexity index is 4250. The third-order valence-corrected chi connectivity index (χ3v) is 21.8. The molecule has 0 spiro atoms. The molecule has 12 atom stereocenters. The van der Waals surface area contributed by atoms with Crippen molar-refractivity contribution < 1.29 is 86.6 Å². The van der Waals surface area contributed by atoms with E-state index in [1.165, 1.54) is 101 Å². The Hall–Kier alpha value is -11.6. The summed E-state index contributed by atoms with van der Waals surface area (Å²) in [5.74, 6) is -12.0. The predicted molar refractivity (Wildman–Crippen MR) is 455 cm³/mol. The Labute approximate surface area is 710 Å². The highest BCUT2D eigenvalue weighted by Crippen LogP contribution is 2.44. The fourth-order valence-electron chi connectivity index (χ4n) is 13.9. The van der Waals surface area contributed by atoms with Gasteiger partial charge in [-0.1, -0.05) is 165 Å². The molecule has 0 saturated heterocycles. The lowest BCUT2D eigenvalue weighted by atomic mass is 9.98. The van der Waals surface area contributed by atoms with Gasteiger partial charge in [0.2, 0.25) is 76.8 Å². The molecule has 662 valence electrons. The van der Waals surface area contributed by atoms with Crippen molar-refractivity contribution in [2.75, 3.05) is 82.1 Å². The molecule has 33 nitrogen and oxygen atoms in total. The molecule has 4 aromatic carbocycles. The maximum Gasteiger partial charge on any atom is 0.410 e. The summed E-state index contributed by atoms with van der Waals surface area (Å²) in [5.41, 5.74) is 5.48. The molecule has 0 unspecified atom stereocenters. The minimum absolute atomic E-state index is 0.0261. The zero-order chi connectivity index (χ0) is 90.7. The van der Waals surface area contributed by atoms with Crippen LogP contribution in [-0.2, 0) is 89.5 Å². The second kappa shape index (κ2) is 46.8. The van der Waals surface area contributed by atoms with E-state index < -0.39 is 199 Å². The summed E-state index contributed by atoms with van der Waals surface area (Å²) in [4.78, 5) is 229. The van der Waals surface area contributed by atoms with Crippen molar-refractivity contribution in [1.82, 2.24) is 76.8 Å². The van der Waals surface area contributed by atoms with E-state index in [2.05, 4.69) is 42.5 Å². The number of carboxylic acid groups (broad SMARTS) is 1. The van der Waals surface area contributed by atoms with Crippen LogP contribution in [-0.4, -0.2) is 289 Å². The second-order valence-electron chi connectivity index (χ2n) is 33.0. The topological polar surface area (TPSA) is 421 Å². The molecule has 0 radical (unpaired) electrons. The Balaban J connectivity index is 1.18. The molecule has 14 amide bonds. The van der Waals surface area contributed by atoms with Crippen LogP contribution in [0.3, 0.4) is 0 Å². The van der Waals surface area contributed by atoms with Gasteiger partial charge >= 0.3 is 12.1 Å². The van der Waals surface area contributed by atoms with Gasteiger partial charge in [0.25, 0.3) is 0 Å². The van der Waals surface area contributed by atoms with E-state index in [0.717, 1.165) is 46.8 Å². The van der Waals surface area contributed by atoms with Crippen LogP contribution in [0.25, 0.3) is 11.1 Å². The molecule has 1 aliphatic carbocycles. The van der Waals surface area contributed by atoms with E-state index >= 15 is 0 Å². The molecule has 5 rings (SSSR count). The smallest absolute Gasteiger partial charge is 0.410 e. The third-order valence-electron chi connectivity index (χ3n) is 21.8. The van der Waals surface area contributed by atoms with Crippen molar-refractivity contribution in [2.45, 2.75) is 207 Å². The number of benzene rings is 4. The Morgan fingerprint density at radius 1 is 0.380 bits per heavy atom. The monoisotopic (exact) mass is 1680 g/mol. The molecule has 0 fully saturated rings. The normalized spacial score (nSPS) is 14.6. The van der Waals surface area contributed by atoms with Crippen molar-refractivity contribution in [3.8, 4) is 11.1 Å². The maximum absolute atomic E-state index is 14.9. The molecule has 33 heteroatoms. The van der Waals surface area contributed by atoms with Crippen LogP contribution in [0.4, 0.5) is 4.79 Å². The van der Waals surface area contributed by atoms with E-state index in [1.54, 1.807) is 74.5 Å². The summed E-state index contributed by atoms with van der Waals surface area (Å²) in [6.45, 7) is 20.7. The number of hydrogen-bond donors (Lipinski definition) is 9. The van der Waals surface area contributed by atoms with Gasteiger partial charge in [0.05, 0.1) is 32.2 Å². The van der Waals surface area contributed by atoms with Gasteiger partial charge in [0, 0.05) is 61.7 Å². The molecule has 1 aliphatic rings. The summed E-state index contributed by atoms with van der Waals surface area (Å²) in [7, 11) is 9.68. The van der Waals surface area contributed by atoms with Gasteiger partial charge in [0.15, 0.2) is 5.78 Å². The quantitative estimate of drug-likeness (QED) is 0.0306. The summed E-state index contributed by atoms with van der Waals surface area (Å²) in [5, 5.41) is 30.6. The summed E-state index contributed by atoms with van der Waals surface area (Å²) in [6, 6.07) is 19.1. The third kappa shape index (κ3) is 28.8. The first-order chi connectivity index (χ1) is 56.8. The number of likely N-dealkylation sites (N-methyl/N-ethyl adjacent to an activating group) is 7. The van der Waals surface area contributed by atoms with Crippen molar-refractivity contribution >= 4 is 94.6 Å². The zero-order valence-electron chi connectivity index (χ0n) is 73.8. The summed E-state index contributed by atoms with van der Waals surface area (Å²) in [6.07, 6.45) is -0.343. The Morgan fingerprint density at radius 3 is 1.31 bits per heavy atom. The van der Waals surface area contributed by atoms with Crippen molar-refractivity contribution in [1.29, 1.82) is 0 Å². The predicted octanol–water partition coefficient (Wildman–Crippen LogP) is 3.50. The van der Waals surface area contributed by atoms with Gasteiger partial charge in [-0.15, -0.1) is 0 Å². The second-order valence-corrected chi connectivity index (χ2v) is 33.0. The molecule has 0 aromatic heterocycles. The molecular weight excluding hydrogens is 1560 g/mol. The van der Waals surface area contributed by atoms with E-state index in [-0.39, 0.29) is 62.4 Å². The number of Topliss-reactive ketones (excluding diaryl/α,β-unsaturated/α-hetero) is 1. The van der Waals surface area contributed by atoms with Crippen molar-refractivity contribution in [2.24, 2.45) is 23.7 Å². The standard InChI is InChI=1S/C88H127N15O18/c1-50(2)40-69(95-80(111)59(14)101(19)88(120)121-49-67-65-38-30-28-36-63(65)64-37-29-31-39-66(64)67)82(113)97(15)48-74(106)92-54(9)76(107)94-70(41-51(3)4)84(115)103(21)72(44-61-34-26-23-27-35-61)86(117)100(18)56(11)77(108)90-46-62(104)45-89-68(43-60-32-24-22-25-33-60)83(114)98(16)58(13)79(110)93-55(10)81(112)102(20)71(42-52(5)6)85(116)99(17)57(12)78(109)91-47-73(105)96-75(53(7)8)87(118)119/h22-39,50-59,67-72,75,89H,40-49H2,1-21H3,(H,90,108)(H,91,109)(H,92,106)(H,93,110)(H,94,107)(H,95,111)(H,96,105)(H,118,119)/t54-,55-,56-,57-,58-,59-,68-,69-,70-,71-,72-,75-/m0/s1. The van der Waals surface area contributed by atoms with Crippen LogP contribution in [0, 0.1) is 23.7 Å². The average molecular weight is 1680 g/mol. The van der Waals surface area contributed by atoms with E-state index in [4.69, 9.17) is 4.74 Å².